The molecule has 2 aliphatic rings. The largest absolute Gasteiger partial charge is 0.370 e. The lowest BCUT2D eigenvalue weighted by molar-refractivity contribution is 0.214. The van der Waals surface area contributed by atoms with Gasteiger partial charge in [-0.15, -0.1) is 0 Å². The summed E-state index contributed by atoms with van der Waals surface area (Å²) in [7, 11) is 4.23. The zero-order valence-electron chi connectivity index (χ0n) is 22.3. The van der Waals surface area contributed by atoms with Gasteiger partial charge in [0.15, 0.2) is 0 Å². The minimum absolute atomic E-state index is 0.0325. The fourth-order valence-electron chi connectivity index (χ4n) is 3.03. The lowest BCUT2D eigenvalue weighted by Crippen LogP contribution is -2.32. The summed E-state index contributed by atoms with van der Waals surface area (Å²) in [6.45, 7) is 8.27. The summed E-state index contributed by atoms with van der Waals surface area (Å²) >= 11 is 0. The molecular formula is C23H35N9O6. The number of carbonyl (C=O) groups excluding carboxylic acids is 2. The summed E-state index contributed by atoms with van der Waals surface area (Å²) in [5.41, 5.74) is -1.29. The Morgan fingerprint density at radius 1 is 0.921 bits per heavy atom. The minimum Gasteiger partial charge on any atom is -0.247 e. The highest BCUT2D eigenvalue weighted by molar-refractivity contribution is 5.97. The van der Waals surface area contributed by atoms with E-state index in [1.807, 2.05) is 18.2 Å². The molecule has 1 atom stereocenters. The molecule has 15 nitrogen and oxygen atoms in total. The lowest BCUT2D eigenvalue weighted by atomic mass is 10.1. The number of aromatic amines is 2. The molecule has 2 aliphatic heterocycles. The van der Waals surface area contributed by atoms with E-state index < -0.39 is 23.4 Å². The van der Waals surface area contributed by atoms with Crippen molar-refractivity contribution in [1.29, 1.82) is 0 Å². The molecule has 2 aromatic rings. The van der Waals surface area contributed by atoms with Crippen LogP contribution in [0.3, 0.4) is 0 Å². The number of nitrogens with zero attached hydrogens (tertiary/aromatic N) is 7. The van der Waals surface area contributed by atoms with E-state index in [1.54, 1.807) is 10.8 Å². The van der Waals surface area contributed by atoms with Crippen molar-refractivity contribution in [3.63, 3.8) is 0 Å². The fourth-order valence-corrected chi connectivity index (χ4v) is 3.03. The third-order valence-electron chi connectivity index (χ3n) is 5.19. The molecule has 4 rings (SSSR count). The first-order chi connectivity index (χ1) is 18.0. The van der Waals surface area contributed by atoms with Gasteiger partial charge in [0.2, 0.25) is 0 Å². The van der Waals surface area contributed by atoms with Crippen LogP contribution in [0.5, 0.6) is 0 Å². The molecule has 1 unspecified atom stereocenters. The summed E-state index contributed by atoms with van der Waals surface area (Å²) in [5.74, 6) is 0. The number of rotatable bonds is 5. The summed E-state index contributed by atoms with van der Waals surface area (Å²) < 4.78 is 5.17. The van der Waals surface area contributed by atoms with E-state index in [4.69, 9.17) is 0 Å². The van der Waals surface area contributed by atoms with Gasteiger partial charge in [-0.05, 0) is 12.8 Å². The molecule has 0 bridgehead atoms. The number of fused-ring (bicyclic) bond motifs is 1. The Hall–Kier alpha value is -4.56. The number of hydrogen-bond acceptors (Lipinski definition) is 6. The van der Waals surface area contributed by atoms with E-state index in [9.17, 15) is 28.8 Å². The van der Waals surface area contributed by atoms with Crippen LogP contribution in [0.15, 0.2) is 66.4 Å². The van der Waals surface area contributed by atoms with E-state index >= 15 is 0 Å². The van der Waals surface area contributed by atoms with Gasteiger partial charge in [0.25, 0.3) is 0 Å². The highest BCUT2D eigenvalue weighted by atomic mass is 16.2. The van der Waals surface area contributed by atoms with Crippen LogP contribution in [0.4, 0.5) is 9.59 Å². The number of nitrogens with one attached hydrogen (secondary N) is 2. The molecule has 15 heteroatoms. The topological polar surface area (TPSA) is 182 Å². The van der Waals surface area contributed by atoms with E-state index in [0.29, 0.717) is 6.54 Å². The highest BCUT2D eigenvalue weighted by Gasteiger charge is 2.22. The second-order valence-electron chi connectivity index (χ2n) is 8.03. The smallest absolute Gasteiger partial charge is 0.247 e. The predicted octanol–water partition coefficient (Wildman–Crippen LogP) is 1.81. The van der Waals surface area contributed by atoms with Crippen molar-refractivity contribution in [2.24, 2.45) is 24.3 Å². The molecule has 0 fully saturated rings. The van der Waals surface area contributed by atoms with Gasteiger partial charge in [-0.2, -0.15) is 0 Å². The van der Waals surface area contributed by atoms with Crippen LogP contribution < -0.4 is 22.8 Å². The van der Waals surface area contributed by atoms with Crippen molar-refractivity contribution in [1.82, 2.24) is 33.6 Å². The first-order valence-corrected chi connectivity index (χ1v) is 11.9. The lowest BCUT2D eigenvalue weighted by Gasteiger charge is -2.19. The van der Waals surface area contributed by atoms with E-state index in [2.05, 4.69) is 46.9 Å². The molecule has 0 aliphatic carbocycles. The fraction of sp³-hybridized carbons (Fsp3) is 0.478. The first kappa shape index (κ1) is 31.5. The Balaban J connectivity index is 0.000000270. The third-order valence-corrected chi connectivity index (χ3v) is 5.19. The Bertz CT molecular complexity index is 1360. The van der Waals surface area contributed by atoms with Crippen molar-refractivity contribution < 1.29 is 9.59 Å². The number of unbranched alkanes of at least 4 members (excludes halogenated alkanes) is 1. The number of carbonyl (C=O) groups is 2. The molecule has 38 heavy (non-hydrogen) atoms. The molecule has 208 valence electrons. The average Bonchev–Trinajstić information content (AvgIpc) is 3.46. The average molecular weight is 534 g/mol. The van der Waals surface area contributed by atoms with Crippen molar-refractivity contribution in [3.8, 4) is 0 Å². The minimum atomic E-state index is -0.602. The molecule has 0 radical (unpaired) electrons. The summed E-state index contributed by atoms with van der Waals surface area (Å²) in [6.07, 6.45) is 14.1. The van der Waals surface area contributed by atoms with Gasteiger partial charge in [0.1, 0.15) is 0 Å². The number of allylic oxidation sites excluding steroid dienone is 5. The maximum atomic E-state index is 11.8. The molecular weight excluding hydrogens is 498 g/mol. The summed E-state index contributed by atoms with van der Waals surface area (Å²) in [4.78, 5) is 65.4. The van der Waals surface area contributed by atoms with Crippen LogP contribution >= 0.6 is 0 Å². The first-order valence-electron chi connectivity index (χ1n) is 11.9. The van der Waals surface area contributed by atoms with Crippen LogP contribution in [0.2, 0.25) is 0 Å². The van der Waals surface area contributed by atoms with Crippen LogP contribution in [0, 0.1) is 0 Å². The van der Waals surface area contributed by atoms with Gasteiger partial charge in [-0.25, -0.2) is 62.4 Å². The maximum Gasteiger partial charge on any atom is 0.370 e. The van der Waals surface area contributed by atoms with Gasteiger partial charge >= 0.3 is 34.8 Å². The SMILES string of the molecule is C=C/C=C/CCC.CCCC1C=CCn2c(=O)n(C)c(=O)n21.CN1C(=O)N=NC1=O.Cn1c(=O)[nH][nH]c1=O. The van der Waals surface area contributed by atoms with Crippen molar-refractivity contribution in [2.75, 3.05) is 7.05 Å². The molecule has 4 amide bonds. The van der Waals surface area contributed by atoms with Crippen LogP contribution in [-0.4, -0.2) is 52.7 Å². The van der Waals surface area contributed by atoms with Gasteiger partial charge in [-0.3, -0.25) is 0 Å². The molecule has 0 saturated heterocycles. The Kier molecular flexibility index (Phi) is 12.9. The second-order valence-corrected chi connectivity index (χ2v) is 8.03. The third kappa shape index (κ3) is 8.53. The number of urea groups is 2. The molecule has 0 spiro atoms. The zero-order valence-corrected chi connectivity index (χ0v) is 22.3. The van der Waals surface area contributed by atoms with Crippen molar-refractivity contribution in [3.05, 3.63) is 78.9 Å². The molecule has 2 N–H and O–H groups in total. The maximum absolute atomic E-state index is 11.8. The van der Waals surface area contributed by atoms with Crippen LogP contribution in [0.1, 0.15) is 45.6 Å². The van der Waals surface area contributed by atoms with Gasteiger partial charge in [0.05, 0.1) is 12.6 Å². The van der Waals surface area contributed by atoms with E-state index in [-0.39, 0.29) is 17.4 Å². The Morgan fingerprint density at radius 3 is 1.89 bits per heavy atom. The molecule has 4 heterocycles. The molecule has 0 aromatic carbocycles. The van der Waals surface area contributed by atoms with Gasteiger partial charge < -0.3 is 0 Å². The van der Waals surface area contributed by atoms with Gasteiger partial charge in [-0.1, -0.05) is 73.9 Å². The number of hydrogen-bond donors (Lipinski definition) is 2. The Morgan fingerprint density at radius 2 is 1.50 bits per heavy atom. The van der Waals surface area contributed by atoms with Crippen molar-refractivity contribution >= 4 is 12.1 Å². The second kappa shape index (κ2) is 15.5. The Labute approximate surface area is 218 Å². The van der Waals surface area contributed by atoms with Gasteiger partial charge in [0, 0.05) is 21.1 Å². The number of imide groups is 1. The normalized spacial score (nSPS) is 15.3. The standard InChI is InChI=1S/C10H15N3O2.C7H12.C3H5N3O2.C3H3N3O2/c1-3-5-8-6-4-7-12-9(14)11(2)10(15)13(8)12;1-3-5-7-6-4-2;2*1-6-2(7)4-5-3(6)8/h4,6,8H,3,5,7H2,1-2H3;3,5,7H,1,4,6H2,2H3;1H3,(H,4,7)(H,5,8);1H3/b;7-5+;;. The predicted molar refractivity (Wildman–Crippen MR) is 141 cm³/mol. The van der Waals surface area contributed by atoms with E-state index in [1.165, 1.54) is 38.7 Å². The molecule has 0 saturated carbocycles. The van der Waals surface area contributed by atoms with Crippen LogP contribution in [-0.2, 0) is 20.6 Å². The summed E-state index contributed by atoms with van der Waals surface area (Å²) in [5, 5.41) is 10.1. The number of H-pyrrole nitrogens is 2. The van der Waals surface area contributed by atoms with Crippen LogP contribution in [0.25, 0.3) is 0 Å². The zero-order chi connectivity index (χ0) is 28.8. The van der Waals surface area contributed by atoms with Crippen molar-refractivity contribution in [2.45, 2.75) is 52.1 Å². The number of amides is 4. The summed E-state index contributed by atoms with van der Waals surface area (Å²) in [6, 6.07) is -1.17. The quantitative estimate of drug-likeness (QED) is 0.436. The van der Waals surface area contributed by atoms with E-state index in [0.717, 1.165) is 26.9 Å². The molecule has 2 aromatic heterocycles. The monoisotopic (exact) mass is 533 g/mol. The number of azo groups is 1. The number of aromatic nitrogens is 6. The highest BCUT2D eigenvalue weighted by Crippen LogP contribution is 2.15.